The van der Waals surface area contributed by atoms with Crippen LogP contribution in [0.15, 0.2) is 30.3 Å². The molecule has 0 saturated heterocycles. The number of thiocarbonyl (C=S) groups is 1. The van der Waals surface area contributed by atoms with Gasteiger partial charge in [-0.3, -0.25) is 4.98 Å². The van der Waals surface area contributed by atoms with E-state index in [0.29, 0.717) is 17.3 Å². The van der Waals surface area contributed by atoms with Gasteiger partial charge < -0.3 is 20.4 Å². The minimum atomic E-state index is -0.101. The number of aromatic amines is 1. The largest absolute Gasteiger partial charge is 0.494 e. The third-order valence-electron chi connectivity index (χ3n) is 2.89. The molecule has 0 unspecified atom stereocenters. The van der Waals surface area contributed by atoms with Crippen molar-refractivity contribution >= 4 is 28.7 Å². The van der Waals surface area contributed by atoms with Crippen LogP contribution in [-0.4, -0.2) is 20.3 Å². The number of rotatable bonds is 1. The predicted octanol–water partition coefficient (Wildman–Crippen LogP) is 2.14. The summed E-state index contributed by atoms with van der Waals surface area (Å²) in [5.41, 5.74) is 2.50. The molecule has 0 fully saturated rings. The lowest BCUT2D eigenvalue weighted by Crippen LogP contribution is -2.38. The van der Waals surface area contributed by atoms with E-state index in [1.807, 2.05) is 24.3 Å². The highest BCUT2D eigenvalue weighted by atomic mass is 32.1. The Labute approximate surface area is 109 Å². The fourth-order valence-electron chi connectivity index (χ4n) is 2.02. The molecule has 0 saturated carbocycles. The third kappa shape index (κ3) is 1.67. The lowest BCUT2D eigenvalue weighted by Gasteiger charge is -2.31. The summed E-state index contributed by atoms with van der Waals surface area (Å²) < 4.78 is 0. The SMILES string of the molecule is Oc1cc(N2Cc3ccccc3NC2=S)c(O)[nH]1. The molecule has 0 bridgehead atoms. The quantitative estimate of drug-likeness (QED) is 0.592. The van der Waals surface area contributed by atoms with Crippen molar-refractivity contribution in [3.63, 3.8) is 0 Å². The number of hydrogen-bond acceptors (Lipinski definition) is 3. The standard InChI is InChI=1S/C12H11N3O2S/c16-10-5-9(11(17)14-10)15-6-7-3-1-2-4-8(7)13-12(15)18/h1-5,14,16-17H,6H2,(H,13,18). The maximum absolute atomic E-state index is 9.70. The number of nitrogens with one attached hydrogen (secondary N) is 2. The summed E-state index contributed by atoms with van der Waals surface area (Å²) in [7, 11) is 0. The number of benzene rings is 1. The van der Waals surface area contributed by atoms with Crippen molar-refractivity contribution in [3.8, 4) is 11.8 Å². The zero-order chi connectivity index (χ0) is 12.7. The van der Waals surface area contributed by atoms with Gasteiger partial charge in [0.1, 0.15) is 5.69 Å². The molecule has 1 aromatic heterocycles. The molecule has 6 heteroatoms. The normalized spacial score (nSPS) is 14.2. The number of aromatic hydroxyl groups is 2. The first-order valence-corrected chi connectivity index (χ1v) is 5.83. The van der Waals surface area contributed by atoms with Crippen molar-refractivity contribution < 1.29 is 10.2 Å². The van der Waals surface area contributed by atoms with E-state index in [9.17, 15) is 10.2 Å². The van der Waals surface area contributed by atoms with E-state index < -0.39 is 0 Å². The first-order valence-electron chi connectivity index (χ1n) is 5.42. The van der Waals surface area contributed by atoms with E-state index in [4.69, 9.17) is 12.2 Å². The molecule has 1 aliphatic heterocycles. The second-order valence-corrected chi connectivity index (χ2v) is 4.45. The second kappa shape index (κ2) is 3.92. The molecule has 2 heterocycles. The molecule has 0 spiro atoms. The van der Waals surface area contributed by atoms with Crippen LogP contribution in [0.5, 0.6) is 11.8 Å². The summed E-state index contributed by atoms with van der Waals surface area (Å²) >= 11 is 5.26. The highest BCUT2D eigenvalue weighted by Crippen LogP contribution is 2.35. The molecule has 0 radical (unpaired) electrons. The van der Waals surface area contributed by atoms with Crippen LogP contribution in [0.4, 0.5) is 11.4 Å². The first-order chi connectivity index (χ1) is 8.65. The van der Waals surface area contributed by atoms with E-state index in [1.165, 1.54) is 6.07 Å². The number of aromatic nitrogens is 1. The van der Waals surface area contributed by atoms with Gasteiger partial charge in [-0.1, -0.05) is 18.2 Å². The molecule has 92 valence electrons. The van der Waals surface area contributed by atoms with Gasteiger partial charge in [0.15, 0.2) is 11.0 Å². The van der Waals surface area contributed by atoms with Gasteiger partial charge in [-0.2, -0.15) is 0 Å². The molecule has 2 aromatic rings. The van der Waals surface area contributed by atoms with Gasteiger partial charge in [0.2, 0.25) is 5.88 Å². The van der Waals surface area contributed by atoms with Gasteiger partial charge in [-0.05, 0) is 23.8 Å². The lowest BCUT2D eigenvalue weighted by atomic mass is 10.1. The van der Waals surface area contributed by atoms with Crippen molar-refractivity contribution in [2.45, 2.75) is 6.54 Å². The molecule has 0 amide bonds. The average molecular weight is 261 g/mol. The first kappa shape index (κ1) is 10.9. The minimum Gasteiger partial charge on any atom is -0.494 e. The summed E-state index contributed by atoms with van der Waals surface area (Å²) in [5.74, 6) is -0.194. The summed E-state index contributed by atoms with van der Waals surface area (Å²) in [5, 5.41) is 22.6. The van der Waals surface area contributed by atoms with Gasteiger partial charge in [0.25, 0.3) is 0 Å². The Morgan fingerprint density at radius 3 is 2.72 bits per heavy atom. The number of hydrogen-bond donors (Lipinski definition) is 4. The van der Waals surface area contributed by atoms with Gasteiger partial charge in [-0.15, -0.1) is 0 Å². The van der Waals surface area contributed by atoms with Crippen LogP contribution >= 0.6 is 12.2 Å². The van der Waals surface area contributed by atoms with Gasteiger partial charge in [-0.25, -0.2) is 0 Å². The molecule has 5 nitrogen and oxygen atoms in total. The van der Waals surface area contributed by atoms with Gasteiger partial charge in [0, 0.05) is 11.8 Å². The fourth-order valence-corrected chi connectivity index (χ4v) is 2.30. The van der Waals surface area contributed by atoms with Crippen molar-refractivity contribution in [2.24, 2.45) is 0 Å². The fraction of sp³-hybridized carbons (Fsp3) is 0.0833. The Bertz CT molecular complexity index is 624. The second-order valence-electron chi connectivity index (χ2n) is 4.06. The van der Waals surface area contributed by atoms with Gasteiger partial charge in [0.05, 0.1) is 6.54 Å². The van der Waals surface area contributed by atoms with Crippen LogP contribution in [0.3, 0.4) is 0 Å². The topological polar surface area (TPSA) is 71.5 Å². The Morgan fingerprint density at radius 1 is 1.22 bits per heavy atom. The van der Waals surface area contributed by atoms with Crippen LogP contribution in [-0.2, 0) is 6.54 Å². The summed E-state index contributed by atoms with van der Waals surface area (Å²) in [6.45, 7) is 0.548. The summed E-state index contributed by atoms with van der Waals surface area (Å²) in [6.07, 6.45) is 0. The van der Waals surface area contributed by atoms with Crippen LogP contribution < -0.4 is 10.2 Å². The molecule has 0 atom stereocenters. The number of anilines is 2. The van der Waals surface area contributed by atoms with Crippen LogP contribution in [0.2, 0.25) is 0 Å². The van der Waals surface area contributed by atoms with Crippen molar-refractivity contribution in [3.05, 3.63) is 35.9 Å². The van der Waals surface area contributed by atoms with E-state index in [1.54, 1.807) is 4.90 Å². The van der Waals surface area contributed by atoms with Gasteiger partial charge >= 0.3 is 0 Å². The van der Waals surface area contributed by atoms with Crippen LogP contribution in [0, 0.1) is 0 Å². The molecule has 1 aromatic carbocycles. The Kier molecular flexibility index (Phi) is 2.38. The molecule has 3 rings (SSSR count). The third-order valence-corrected chi connectivity index (χ3v) is 3.21. The number of H-pyrrole nitrogens is 1. The summed E-state index contributed by atoms with van der Waals surface area (Å²) in [4.78, 5) is 4.16. The number of nitrogens with zero attached hydrogens (tertiary/aromatic N) is 1. The van der Waals surface area contributed by atoms with Crippen molar-refractivity contribution in [2.75, 3.05) is 10.2 Å². The highest BCUT2D eigenvalue weighted by Gasteiger charge is 2.24. The minimum absolute atomic E-state index is 0.0934. The molecular weight excluding hydrogens is 250 g/mol. The lowest BCUT2D eigenvalue weighted by molar-refractivity contribution is 0.425. The molecular formula is C12H11N3O2S. The maximum Gasteiger partial charge on any atom is 0.216 e. The maximum atomic E-state index is 9.70. The average Bonchev–Trinajstić information content (AvgIpc) is 2.67. The predicted molar refractivity (Wildman–Crippen MR) is 73.0 cm³/mol. The highest BCUT2D eigenvalue weighted by molar-refractivity contribution is 7.80. The molecule has 1 aliphatic rings. The van der Waals surface area contributed by atoms with E-state index in [0.717, 1.165) is 11.3 Å². The number of para-hydroxylation sites is 1. The van der Waals surface area contributed by atoms with Crippen LogP contribution in [0.25, 0.3) is 0 Å². The monoisotopic (exact) mass is 261 g/mol. The van der Waals surface area contributed by atoms with Crippen molar-refractivity contribution in [1.29, 1.82) is 0 Å². The van der Waals surface area contributed by atoms with E-state index >= 15 is 0 Å². The van der Waals surface area contributed by atoms with E-state index in [-0.39, 0.29) is 11.8 Å². The summed E-state index contributed by atoms with van der Waals surface area (Å²) in [6, 6.07) is 9.26. The smallest absolute Gasteiger partial charge is 0.216 e. The Morgan fingerprint density at radius 2 is 2.00 bits per heavy atom. The number of fused-ring (bicyclic) bond motifs is 1. The molecule has 4 N–H and O–H groups in total. The molecule has 18 heavy (non-hydrogen) atoms. The zero-order valence-corrected chi connectivity index (χ0v) is 10.2. The zero-order valence-electron chi connectivity index (χ0n) is 9.34. The Hall–Kier alpha value is -2.21. The Balaban J connectivity index is 2.01. The molecule has 0 aliphatic carbocycles. The van der Waals surface area contributed by atoms with E-state index in [2.05, 4.69) is 10.3 Å². The van der Waals surface area contributed by atoms with Crippen LogP contribution in [0.1, 0.15) is 5.56 Å². The van der Waals surface area contributed by atoms with Crippen molar-refractivity contribution in [1.82, 2.24) is 4.98 Å².